The lowest BCUT2D eigenvalue weighted by molar-refractivity contribution is 0.0934. The van der Waals surface area contributed by atoms with E-state index >= 15 is 0 Å². The Labute approximate surface area is 112 Å². The number of nitrogen functional groups attached to an aromatic ring is 1. The summed E-state index contributed by atoms with van der Waals surface area (Å²) in [5, 5.41) is 10.5. The Morgan fingerprint density at radius 2 is 2.16 bits per heavy atom. The van der Waals surface area contributed by atoms with Crippen LogP contribution in [0.3, 0.4) is 0 Å². The van der Waals surface area contributed by atoms with Crippen LogP contribution in [-0.2, 0) is 0 Å². The van der Waals surface area contributed by atoms with Crippen molar-refractivity contribution >= 4 is 11.7 Å². The van der Waals surface area contributed by atoms with E-state index in [-0.39, 0.29) is 5.91 Å². The zero-order chi connectivity index (χ0) is 13.7. The van der Waals surface area contributed by atoms with Gasteiger partial charge in [-0.3, -0.25) is 9.69 Å². The van der Waals surface area contributed by atoms with E-state index in [2.05, 4.69) is 32.8 Å². The normalized spacial score (nSPS) is 17.2. The van der Waals surface area contributed by atoms with Crippen molar-refractivity contribution in [2.24, 2.45) is 5.84 Å². The fraction of sp³-hybridized carbons (Fsp3) is 0.583. The molecule has 1 aliphatic rings. The Kier molecular flexibility index (Phi) is 4.64. The molecule has 1 saturated heterocycles. The number of nitrogens with one attached hydrogen (secondary N) is 2. The Morgan fingerprint density at radius 3 is 2.74 bits per heavy atom. The molecule has 1 amide bonds. The van der Waals surface area contributed by atoms with Crippen LogP contribution in [0.25, 0.3) is 0 Å². The number of rotatable bonds is 5. The molecular formula is C12H20N6O. The summed E-state index contributed by atoms with van der Waals surface area (Å²) < 4.78 is 0. The average Bonchev–Trinajstić information content (AvgIpc) is 2.98. The second kappa shape index (κ2) is 6.44. The van der Waals surface area contributed by atoms with Crippen molar-refractivity contribution in [3.63, 3.8) is 0 Å². The van der Waals surface area contributed by atoms with Gasteiger partial charge in [0.1, 0.15) is 0 Å². The molecule has 4 N–H and O–H groups in total. The largest absolute Gasteiger partial charge is 0.349 e. The summed E-state index contributed by atoms with van der Waals surface area (Å²) in [4.78, 5) is 14.3. The molecule has 1 aliphatic heterocycles. The van der Waals surface area contributed by atoms with Gasteiger partial charge < -0.3 is 10.7 Å². The molecule has 1 unspecified atom stereocenters. The number of nitrogens with zero attached hydrogens (tertiary/aromatic N) is 3. The van der Waals surface area contributed by atoms with Crippen LogP contribution in [0, 0.1) is 0 Å². The van der Waals surface area contributed by atoms with Gasteiger partial charge >= 0.3 is 0 Å². The Balaban J connectivity index is 1.82. The molecule has 0 spiro atoms. The topological polar surface area (TPSA) is 96.2 Å². The first-order valence-electron chi connectivity index (χ1n) is 6.53. The highest BCUT2D eigenvalue weighted by molar-refractivity contribution is 5.92. The zero-order valence-electron chi connectivity index (χ0n) is 11.1. The SMILES string of the molecule is CC(CNC(=O)c1ccc(NN)nn1)N1CCCC1. The maximum Gasteiger partial charge on any atom is 0.271 e. The van der Waals surface area contributed by atoms with E-state index in [1.165, 1.54) is 12.8 Å². The van der Waals surface area contributed by atoms with Gasteiger partial charge in [-0.25, -0.2) is 5.84 Å². The molecule has 19 heavy (non-hydrogen) atoms. The van der Waals surface area contributed by atoms with Crippen LogP contribution in [0.5, 0.6) is 0 Å². The van der Waals surface area contributed by atoms with Gasteiger partial charge in [0.05, 0.1) is 0 Å². The van der Waals surface area contributed by atoms with Gasteiger partial charge in [0.25, 0.3) is 5.91 Å². The van der Waals surface area contributed by atoms with Crippen molar-refractivity contribution in [3.8, 4) is 0 Å². The van der Waals surface area contributed by atoms with E-state index in [1.807, 2.05) is 0 Å². The number of hydrazine groups is 1. The first-order chi connectivity index (χ1) is 9.20. The number of aromatic nitrogens is 2. The number of carbonyl (C=O) groups is 1. The number of likely N-dealkylation sites (tertiary alicyclic amines) is 1. The molecular weight excluding hydrogens is 244 g/mol. The average molecular weight is 264 g/mol. The summed E-state index contributed by atoms with van der Waals surface area (Å²) in [5.74, 6) is 5.41. The van der Waals surface area contributed by atoms with E-state index in [0.29, 0.717) is 24.1 Å². The lowest BCUT2D eigenvalue weighted by atomic mass is 10.3. The van der Waals surface area contributed by atoms with Crippen LogP contribution in [-0.4, -0.2) is 46.7 Å². The third-order valence-corrected chi connectivity index (χ3v) is 3.37. The van der Waals surface area contributed by atoms with Crippen LogP contribution in [0.15, 0.2) is 12.1 Å². The highest BCUT2D eigenvalue weighted by Crippen LogP contribution is 2.10. The summed E-state index contributed by atoms with van der Waals surface area (Å²) in [6.07, 6.45) is 2.49. The lowest BCUT2D eigenvalue weighted by Crippen LogP contribution is -2.40. The Morgan fingerprint density at radius 1 is 1.42 bits per heavy atom. The number of carbonyl (C=O) groups excluding carboxylic acids is 1. The fourth-order valence-corrected chi connectivity index (χ4v) is 2.17. The van der Waals surface area contributed by atoms with E-state index in [1.54, 1.807) is 12.1 Å². The molecule has 7 heteroatoms. The lowest BCUT2D eigenvalue weighted by Gasteiger charge is -2.23. The summed E-state index contributed by atoms with van der Waals surface area (Å²) in [6.45, 7) is 4.98. The van der Waals surface area contributed by atoms with Crippen LogP contribution in [0.4, 0.5) is 5.82 Å². The van der Waals surface area contributed by atoms with Crippen molar-refractivity contribution in [1.29, 1.82) is 0 Å². The van der Waals surface area contributed by atoms with E-state index in [9.17, 15) is 4.79 Å². The zero-order valence-corrected chi connectivity index (χ0v) is 11.1. The maximum absolute atomic E-state index is 11.9. The fourth-order valence-electron chi connectivity index (χ4n) is 2.17. The van der Waals surface area contributed by atoms with Crippen molar-refractivity contribution < 1.29 is 4.79 Å². The monoisotopic (exact) mass is 264 g/mol. The smallest absolute Gasteiger partial charge is 0.271 e. The molecule has 7 nitrogen and oxygen atoms in total. The van der Waals surface area contributed by atoms with Gasteiger partial charge in [-0.2, -0.15) is 0 Å². The van der Waals surface area contributed by atoms with Crippen molar-refractivity contribution in [2.75, 3.05) is 25.1 Å². The van der Waals surface area contributed by atoms with E-state index in [4.69, 9.17) is 5.84 Å². The molecule has 0 radical (unpaired) electrons. The minimum absolute atomic E-state index is 0.206. The summed E-state index contributed by atoms with van der Waals surface area (Å²) >= 11 is 0. The third-order valence-electron chi connectivity index (χ3n) is 3.37. The molecule has 1 aromatic heterocycles. The van der Waals surface area contributed by atoms with Crippen LogP contribution >= 0.6 is 0 Å². The predicted octanol–water partition coefficient (Wildman–Crippen LogP) is -0.0237. The first kappa shape index (κ1) is 13.7. The van der Waals surface area contributed by atoms with Gasteiger partial charge in [0.2, 0.25) is 0 Å². The summed E-state index contributed by atoms with van der Waals surface area (Å²) in [7, 11) is 0. The van der Waals surface area contributed by atoms with Crippen molar-refractivity contribution in [2.45, 2.75) is 25.8 Å². The molecule has 2 rings (SSSR count). The maximum atomic E-state index is 11.9. The second-order valence-electron chi connectivity index (χ2n) is 4.75. The van der Waals surface area contributed by atoms with Crippen molar-refractivity contribution in [1.82, 2.24) is 20.4 Å². The molecule has 2 heterocycles. The van der Waals surface area contributed by atoms with Gasteiger partial charge in [-0.1, -0.05) is 0 Å². The molecule has 1 fully saturated rings. The van der Waals surface area contributed by atoms with Gasteiger partial charge in [-0.15, -0.1) is 10.2 Å². The standard InChI is InChI=1S/C12H20N6O/c1-9(18-6-2-3-7-18)8-14-12(19)10-4-5-11(15-13)17-16-10/h4-5,9H,2-3,6-8,13H2,1H3,(H,14,19)(H,15,17). The minimum atomic E-state index is -0.206. The minimum Gasteiger partial charge on any atom is -0.349 e. The van der Waals surface area contributed by atoms with Crippen LogP contribution < -0.4 is 16.6 Å². The molecule has 0 saturated carbocycles. The predicted molar refractivity (Wildman–Crippen MR) is 72.4 cm³/mol. The van der Waals surface area contributed by atoms with E-state index < -0.39 is 0 Å². The number of nitrogens with two attached hydrogens (primary N) is 1. The molecule has 104 valence electrons. The molecule has 0 aromatic carbocycles. The van der Waals surface area contributed by atoms with E-state index in [0.717, 1.165) is 13.1 Å². The van der Waals surface area contributed by atoms with Crippen molar-refractivity contribution in [3.05, 3.63) is 17.8 Å². The Bertz CT molecular complexity index is 415. The third kappa shape index (κ3) is 3.62. The number of hydrogen-bond donors (Lipinski definition) is 3. The first-order valence-corrected chi connectivity index (χ1v) is 6.53. The van der Waals surface area contributed by atoms with Gasteiger partial charge in [0, 0.05) is 12.6 Å². The van der Waals surface area contributed by atoms with Gasteiger partial charge in [0.15, 0.2) is 11.5 Å². The molecule has 1 atom stereocenters. The number of amides is 1. The number of hydrogen-bond acceptors (Lipinski definition) is 6. The summed E-state index contributed by atoms with van der Waals surface area (Å²) in [6, 6.07) is 3.56. The highest BCUT2D eigenvalue weighted by atomic mass is 16.1. The number of anilines is 1. The Hall–Kier alpha value is -1.73. The summed E-state index contributed by atoms with van der Waals surface area (Å²) in [5.41, 5.74) is 2.67. The highest BCUT2D eigenvalue weighted by Gasteiger charge is 2.18. The molecule has 0 bridgehead atoms. The molecule has 0 aliphatic carbocycles. The van der Waals surface area contributed by atoms with Gasteiger partial charge in [-0.05, 0) is 45.0 Å². The second-order valence-corrected chi connectivity index (χ2v) is 4.75. The quantitative estimate of drug-likeness (QED) is 0.511. The van der Waals surface area contributed by atoms with Crippen LogP contribution in [0.1, 0.15) is 30.3 Å². The van der Waals surface area contributed by atoms with Crippen LogP contribution in [0.2, 0.25) is 0 Å². The molecule has 1 aromatic rings.